The van der Waals surface area contributed by atoms with E-state index in [0.29, 0.717) is 12.1 Å². The van der Waals surface area contributed by atoms with E-state index in [4.69, 9.17) is 0 Å². The third-order valence-corrected chi connectivity index (χ3v) is 4.11. The third-order valence-electron chi connectivity index (χ3n) is 4.11. The highest BCUT2D eigenvalue weighted by Crippen LogP contribution is 2.18. The Morgan fingerprint density at radius 2 is 1.60 bits per heavy atom. The van der Waals surface area contributed by atoms with E-state index in [1.807, 2.05) is 0 Å². The maximum Gasteiger partial charge on any atom is 0.0320 e. The fourth-order valence-electron chi connectivity index (χ4n) is 2.70. The van der Waals surface area contributed by atoms with Gasteiger partial charge in [-0.25, -0.2) is 0 Å². The third kappa shape index (κ3) is 5.26. The lowest BCUT2D eigenvalue weighted by molar-refractivity contribution is 0.260. The smallest absolute Gasteiger partial charge is 0.0320 e. The summed E-state index contributed by atoms with van der Waals surface area (Å²) in [6.45, 7) is 14.6. The summed E-state index contributed by atoms with van der Waals surface area (Å²) in [5, 5.41) is 3.78. The molecule has 1 aromatic carbocycles. The van der Waals surface area contributed by atoms with Crippen molar-refractivity contribution in [2.75, 3.05) is 19.6 Å². The quantitative estimate of drug-likeness (QED) is 0.733. The van der Waals surface area contributed by atoms with Crippen molar-refractivity contribution in [2.45, 2.75) is 59.5 Å². The largest absolute Gasteiger partial charge is 0.306 e. The first-order valence-corrected chi connectivity index (χ1v) is 8.21. The van der Waals surface area contributed by atoms with Crippen LogP contribution < -0.4 is 5.32 Å². The van der Waals surface area contributed by atoms with E-state index < -0.39 is 0 Å². The van der Waals surface area contributed by atoms with Crippen molar-refractivity contribution in [3.8, 4) is 0 Å². The van der Waals surface area contributed by atoms with Gasteiger partial charge in [-0.05, 0) is 44.0 Å². The second kappa shape index (κ2) is 9.15. The second-order valence-corrected chi connectivity index (χ2v) is 5.61. The zero-order valence-electron chi connectivity index (χ0n) is 13.9. The van der Waals surface area contributed by atoms with Gasteiger partial charge in [-0.3, -0.25) is 0 Å². The standard InChI is InChI=1S/C18H32N2/c1-6-16-10-12-17(13-11-16)18(7-2)19-15(5)14-20(8-3)9-4/h10-13,15,18-19H,6-9,14H2,1-5H3. The number of nitrogens with one attached hydrogen (secondary N) is 1. The SMILES string of the molecule is CCc1ccc(C(CC)NC(C)CN(CC)CC)cc1. The normalized spacial score (nSPS) is 14.5. The maximum atomic E-state index is 3.78. The fraction of sp³-hybridized carbons (Fsp3) is 0.667. The van der Waals surface area contributed by atoms with Gasteiger partial charge in [-0.2, -0.15) is 0 Å². The van der Waals surface area contributed by atoms with Gasteiger partial charge in [0.05, 0.1) is 0 Å². The van der Waals surface area contributed by atoms with Crippen molar-refractivity contribution in [3.05, 3.63) is 35.4 Å². The monoisotopic (exact) mass is 276 g/mol. The minimum absolute atomic E-state index is 0.464. The minimum Gasteiger partial charge on any atom is -0.306 e. The number of benzene rings is 1. The highest BCUT2D eigenvalue weighted by molar-refractivity contribution is 5.25. The Hall–Kier alpha value is -0.860. The van der Waals surface area contributed by atoms with Crippen LogP contribution in [0.3, 0.4) is 0 Å². The first-order valence-electron chi connectivity index (χ1n) is 8.21. The summed E-state index contributed by atoms with van der Waals surface area (Å²) < 4.78 is 0. The van der Waals surface area contributed by atoms with Gasteiger partial charge in [0.25, 0.3) is 0 Å². The van der Waals surface area contributed by atoms with Crippen molar-refractivity contribution in [1.82, 2.24) is 10.2 Å². The summed E-state index contributed by atoms with van der Waals surface area (Å²) >= 11 is 0. The number of hydrogen-bond donors (Lipinski definition) is 1. The van der Waals surface area contributed by atoms with Gasteiger partial charge in [0, 0.05) is 18.6 Å². The number of aryl methyl sites for hydroxylation is 1. The summed E-state index contributed by atoms with van der Waals surface area (Å²) in [4.78, 5) is 2.48. The van der Waals surface area contributed by atoms with Crippen molar-refractivity contribution in [3.63, 3.8) is 0 Å². The molecule has 0 spiro atoms. The number of hydrogen-bond acceptors (Lipinski definition) is 2. The molecule has 20 heavy (non-hydrogen) atoms. The molecule has 0 bridgehead atoms. The van der Waals surface area contributed by atoms with E-state index >= 15 is 0 Å². The molecule has 0 saturated carbocycles. The van der Waals surface area contributed by atoms with Gasteiger partial charge in [-0.1, -0.05) is 52.0 Å². The minimum atomic E-state index is 0.464. The van der Waals surface area contributed by atoms with Gasteiger partial charge < -0.3 is 10.2 Å². The van der Waals surface area contributed by atoms with Crippen LogP contribution in [-0.2, 0) is 6.42 Å². The van der Waals surface area contributed by atoms with Crippen molar-refractivity contribution in [2.24, 2.45) is 0 Å². The van der Waals surface area contributed by atoms with Crippen LogP contribution in [-0.4, -0.2) is 30.6 Å². The van der Waals surface area contributed by atoms with Gasteiger partial charge in [0.1, 0.15) is 0 Å². The first-order chi connectivity index (χ1) is 9.64. The molecule has 1 aromatic rings. The fourth-order valence-corrected chi connectivity index (χ4v) is 2.70. The Labute approximate surface area is 125 Å². The summed E-state index contributed by atoms with van der Waals surface area (Å²) in [7, 11) is 0. The van der Waals surface area contributed by atoms with Crippen molar-refractivity contribution >= 4 is 0 Å². The zero-order valence-corrected chi connectivity index (χ0v) is 13.9. The van der Waals surface area contributed by atoms with Crippen LogP contribution in [0.5, 0.6) is 0 Å². The molecule has 1 rings (SSSR count). The van der Waals surface area contributed by atoms with E-state index in [1.54, 1.807) is 0 Å². The molecule has 2 unspecified atom stereocenters. The molecule has 114 valence electrons. The molecule has 0 amide bonds. The average molecular weight is 276 g/mol. The molecule has 2 atom stereocenters. The Morgan fingerprint density at radius 3 is 2.05 bits per heavy atom. The molecule has 0 aromatic heterocycles. The van der Waals surface area contributed by atoms with Crippen LogP contribution >= 0.6 is 0 Å². The van der Waals surface area contributed by atoms with E-state index in [2.05, 4.69) is 69.1 Å². The van der Waals surface area contributed by atoms with Crippen LogP contribution in [0.15, 0.2) is 24.3 Å². The lowest BCUT2D eigenvalue weighted by Crippen LogP contribution is -2.40. The lowest BCUT2D eigenvalue weighted by atomic mass is 10.0. The summed E-state index contributed by atoms with van der Waals surface area (Å²) in [5.41, 5.74) is 2.83. The van der Waals surface area contributed by atoms with Crippen molar-refractivity contribution in [1.29, 1.82) is 0 Å². The van der Waals surface area contributed by atoms with Crippen LogP contribution in [0, 0.1) is 0 Å². The van der Waals surface area contributed by atoms with Crippen LogP contribution in [0.4, 0.5) is 0 Å². The molecule has 0 radical (unpaired) electrons. The Kier molecular flexibility index (Phi) is 7.86. The lowest BCUT2D eigenvalue weighted by Gasteiger charge is -2.27. The van der Waals surface area contributed by atoms with Gasteiger partial charge in [0.2, 0.25) is 0 Å². The Balaban J connectivity index is 2.61. The molecule has 0 heterocycles. The van der Waals surface area contributed by atoms with Gasteiger partial charge in [0.15, 0.2) is 0 Å². The Bertz CT molecular complexity index is 354. The van der Waals surface area contributed by atoms with Gasteiger partial charge in [-0.15, -0.1) is 0 Å². The molecule has 0 aliphatic heterocycles. The molecule has 1 N–H and O–H groups in total. The molecule has 0 aliphatic carbocycles. The summed E-state index contributed by atoms with van der Waals surface area (Å²) in [6.07, 6.45) is 2.25. The zero-order chi connectivity index (χ0) is 15.0. The van der Waals surface area contributed by atoms with Crippen LogP contribution in [0.1, 0.15) is 58.2 Å². The van der Waals surface area contributed by atoms with E-state index in [9.17, 15) is 0 Å². The highest BCUT2D eigenvalue weighted by Gasteiger charge is 2.14. The number of rotatable bonds is 9. The average Bonchev–Trinajstić information content (AvgIpc) is 2.50. The topological polar surface area (TPSA) is 15.3 Å². The maximum absolute atomic E-state index is 3.78. The predicted molar refractivity (Wildman–Crippen MR) is 89.2 cm³/mol. The molecule has 0 fully saturated rings. The van der Waals surface area contributed by atoms with Crippen molar-refractivity contribution < 1.29 is 0 Å². The molecular formula is C18H32N2. The molecule has 0 saturated heterocycles. The first kappa shape index (κ1) is 17.2. The van der Waals surface area contributed by atoms with Crippen LogP contribution in [0.2, 0.25) is 0 Å². The van der Waals surface area contributed by atoms with E-state index in [1.165, 1.54) is 11.1 Å². The molecular weight excluding hydrogens is 244 g/mol. The van der Waals surface area contributed by atoms with E-state index in [0.717, 1.165) is 32.5 Å². The number of likely N-dealkylation sites (N-methyl/N-ethyl adjacent to an activating group) is 1. The molecule has 0 aliphatic rings. The Morgan fingerprint density at radius 1 is 1.00 bits per heavy atom. The predicted octanol–water partition coefficient (Wildman–Crippen LogP) is 4.02. The summed E-state index contributed by atoms with van der Waals surface area (Å²) in [6, 6.07) is 10.1. The molecule has 2 nitrogen and oxygen atoms in total. The van der Waals surface area contributed by atoms with Gasteiger partial charge >= 0.3 is 0 Å². The summed E-state index contributed by atoms with van der Waals surface area (Å²) in [5.74, 6) is 0. The van der Waals surface area contributed by atoms with Crippen LogP contribution in [0.25, 0.3) is 0 Å². The highest BCUT2D eigenvalue weighted by atomic mass is 15.1. The molecule has 2 heteroatoms. The second-order valence-electron chi connectivity index (χ2n) is 5.61. The van der Waals surface area contributed by atoms with E-state index in [-0.39, 0.29) is 0 Å². The number of nitrogens with zero attached hydrogens (tertiary/aromatic N) is 1.